The highest BCUT2D eigenvalue weighted by Crippen LogP contribution is 2.09. The van der Waals surface area contributed by atoms with Crippen LogP contribution in [0, 0.1) is 0 Å². The fourth-order valence-electron chi connectivity index (χ4n) is 2.24. The molecule has 0 aromatic rings. The third-order valence-electron chi connectivity index (χ3n) is 3.50. The molecule has 0 radical (unpaired) electrons. The van der Waals surface area contributed by atoms with E-state index in [1.807, 2.05) is 25.6 Å². The van der Waals surface area contributed by atoms with Gasteiger partial charge in [0.25, 0.3) is 0 Å². The molecule has 0 amide bonds. The van der Waals surface area contributed by atoms with Gasteiger partial charge in [-0.3, -0.25) is 0 Å². The molecular formula is C18H42N2O2S. The van der Waals surface area contributed by atoms with Crippen molar-refractivity contribution in [2.45, 2.75) is 65.6 Å². The zero-order valence-electron chi connectivity index (χ0n) is 16.4. The van der Waals surface area contributed by atoms with E-state index in [9.17, 15) is 5.11 Å². The fraction of sp³-hybridized carbons (Fsp3) is 1.00. The fourth-order valence-corrected chi connectivity index (χ4v) is 2.68. The lowest BCUT2D eigenvalue weighted by molar-refractivity contribution is 0.0857. The summed E-state index contributed by atoms with van der Waals surface area (Å²) in [5.41, 5.74) is 0. The minimum Gasteiger partial charge on any atom is -0.394 e. The Morgan fingerprint density at radius 1 is 1.04 bits per heavy atom. The number of likely N-dealkylation sites (tertiary alicyclic amines) is 2. The molecular weight excluding hydrogens is 308 g/mol. The standard InChI is InChI=1S/C8H17NOS.C5H11N.C3H8O.C2H6/c1-11-7-6-9-4-2-8(10)3-5-9;1-6-4-2-3-5-6;1-3(2)4;1-2/h8,10H,2-7H2,1H3;2-5H2,1H3;3-4H,1-2H3;1-2H3. The van der Waals surface area contributed by atoms with Gasteiger partial charge in [0, 0.05) is 31.5 Å². The Balaban J connectivity index is 0. The molecule has 0 aromatic heterocycles. The van der Waals surface area contributed by atoms with Gasteiger partial charge >= 0.3 is 0 Å². The summed E-state index contributed by atoms with van der Waals surface area (Å²) in [6, 6.07) is 0. The first kappa shape index (κ1) is 25.4. The van der Waals surface area contributed by atoms with Crippen LogP contribution in [0.15, 0.2) is 0 Å². The molecule has 0 atom stereocenters. The summed E-state index contributed by atoms with van der Waals surface area (Å²) >= 11 is 1.89. The molecule has 2 saturated heterocycles. The van der Waals surface area contributed by atoms with Crippen molar-refractivity contribution in [2.75, 3.05) is 51.8 Å². The van der Waals surface area contributed by atoms with E-state index in [1.165, 1.54) is 38.2 Å². The van der Waals surface area contributed by atoms with Crippen molar-refractivity contribution in [2.24, 2.45) is 0 Å². The molecule has 0 aliphatic carbocycles. The van der Waals surface area contributed by atoms with Crippen LogP contribution in [0.25, 0.3) is 0 Å². The van der Waals surface area contributed by atoms with Crippen molar-refractivity contribution in [3.8, 4) is 0 Å². The highest BCUT2D eigenvalue weighted by molar-refractivity contribution is 7.98. The average Bonchev–Trinajstić information content (AvgIpc) is 3.00. The SMILES string of the molecule is CC.CC(C)O.CN1CCCC1.CSCCN1CCC(O)CC1. The monoisotopic (exact) mass is 350 g/mol. The maximum Gasteiger partial charge on any atom is 0.0564 e. The Kier molecular flexibility index (Phi) is 20.5. The van der Waals surface area contributed by atoms with Crippen LogP contribution in [0.2, 0.25) is 0 Å². The number of aliphatic hydroxyl groups excluding tert-OH is 2. The van der Waals surface area contributed by atoms with Gasteiger partial charge in [0.05, 0.1) is 6.10 Å². The smallest absolute Gasteiger partial charge is 0.0564 e. The molecule has 0 aromatic carbocycles. The topological polar surface area (TPSA) is 46.9 Å². The molecule has 23 heavy (non-hydrogen) atoms. The molecule has 0 spiro atoms. The lowest BCUT2D eigenvalue weighted by Gasteiger charge is -2.28. The summed E-state index contributed by atoms with van der Waals surface area (Å²) in [7, 11) is 2.17. The molecule has 5 heteroatoms. The van der Waals surface area contributed by atoms with Crippen molar-refractivity contribution >= 4 is 11.8 Å². The van der Waals surface area contributed by atoms with Gasteiger partial charge in [-0.05, 0) is 65.9 Å². The van der Waals surface area contributed by atoms with Crippen molar-refractivity contribution < 1.29 is 10.2 Å². The molecule has 0 bridgehead atoms. The predicted octanol–water partition coefficient (Wildman–Crippen LogP) is 2.93. The van der Waals surface area contributed by atoms with E-state index in [0.29, 0.717) is 0 Å². The molecule has 0 unspecified atom stereocenters. The number of thioether (sulfide) groups is 1. The normalized spacial score (nSPS) is 19.2. The Labute approximate surface area is 149 Å². The molecule has 2 heterocycles. The quantitative estimate of drug-likeness (QED) is 0.819. The van der Waals surface area contributed by atoms with Crippen LogP contribution in [-0.2, 0) is 0 Å². The summed E-state index contributed by atoms with van der Waals surface area (Å²) in [6.45, 7) is 13.4. The second-order valence-electron chi connectivity index (χ2n) is 6.17. The van der Waals surface area contributed by atoms with E-state index in [1.54, 1.807) is 13.8 Å². The third kappa shape index (κ3) is 20.1. The number of nitrogens with zero attached hydrogens (tertiary/aromatic N) is 2. The second-order valence-corrected chi connectivity index (χ2v) is 7.16. The van der Waals surface area contributed by atoms with Crippen LogP contribution in [0.3, 0.4) is 0 Å². The molecule has 2 fully saturated rings. The first-order valence-corrected chi connectivity index (χ1v) is 10.6. The largest absolute Gasteiger partial charge is 0.394 e. The highest BCUT2D eigenvalue weighted by atomic mass is 32.2. The maximum atomic E-state index is 9.22. The van der Waals surface area contributed by atoms with Gasteiger partial charge in [0.2, 0.25) is 0 Å². The van der Waals surface area contributed by atoms with E-state index >= 15 is 0 Å². The van der Waals surface area contributed by atoms with Crippen molar-refractivity contribution in [1.82, 2.24) is 9.80 Å². The van der Waals surface area contributed by atoms with E-state index in [4.69, 9.17) is 5.11 Å². The van der Waals surface area contributed by atoms with Gasteiger partial charge in [0.1, 0.15) is 0 Å². The average molecular weight is 351 g/mol. The number of rotatable bonds is 3. The predicted molar refractivity (Wildman–Crippen MR) is 105 cm³/mol. The molecule has 2 aliphatic rings. The van der Waals surface area contributed by atoms with Crippen LogP contribution in [0.5, 0.6) is 0 Å². The van der Waals surface area contributed by atoms with Crippen molar-refractivity contribution in [3.05, 3.63) is 0 Å². The number of hydrogen-bond acceptors (Lipinski definition) is 5. The van der Waals surface area contributed by atoms with Gasteiger partial charge in [-0.2, -0.15) is 11.8 Å². The number of hydrogen-bond donors (Lipinski definition) is 2. The summed E-state index contributed by atoms with van der Waals surface area (Å²) < 4.78 is 0. The Morgan fingerprint density at radius 3 is 1.78 bits per heavy atom. The van der Waals surface area contributed by atoms with Gasteiger partial charge in [0.15, 0.2) is 0 Å². The Bertz CT molecular complexity index is 212. The summed E-state index contributed by atoms with van der Waals surface area (Å²) in [5, 5.41) is 17.3. The Morgan fingerprint density at radius 2 is 1.48 bits per heavy atom. The molecule has 2 rings (SSSR count). The lowest BCUT2D eigenvalue weighted by atomic mass is 10.1. The summed E-state index contributed by atoms with van der Waals surface area (Å²) in [5.74, 6) is 1.22. The maximum absolute atomic E-state index is 9.22. The van der Waals surface area contributed by atoms with Gasteiger partial charge < -0.3 is 20.0 Å². The zero-order valence-corrected chi connectivity index (χ0v) is 17.2. The zero-order chi connectivity index (χ0) is 18.1. The first-order valence-electron chi connectivity index (χ1n) is 9.21. The van der Waals surface area contributed by atoms with E-state index in [2.05, 4.69) is 23.1 Å². The van der Waals surface area contributed by atoms with E-state index in [0.717, 1.165) is 25.9 Å². The minimum absolute atomic E-state index is 0.0273. The van der Waals surface area contributed by atoms with Gasteiger partial charge in [-0.25, -0.2) is 0 Å². The van der Waals surface area contributed by atoms with E-state index < -0.39 is 0 Å². The second kappa shape index (κ2) is 18.5. The van der Waals surface area contributed by atoms with Gasteiger partial charge in [-0.15, -0.1) is 0 Å². The van der Waals surface area contributed by atoms with E-state index in [-0.39, 0.29) is 12.2 Å². The third-order valence-corrected chi connectivity index (χ3v) is 4.09. The van der Waals surface area contributed by atoms with Crippen LogP contribution in [0.4, 0.5) is 0 Å². The van der Waals surface area contributed by atoms with Crippen LogP contribution >= 0.6 is 11.8 Å². The molecule has 2 N–H and O–H groups in total. The molecule has 2 aliphatic heterocycles. The Hall–Kier alpha value is 0.190. The lowest BCUT2D eigenvalue weighted by Crippen LogP contribution is -2.37. The first-order chi connectivity index (χ1) is 11.0. The van der Waals surface area contributed by atoms with Crippen molar-refractivity contribution in [3.63, 3.8) is 0 Å². The van der Waals surface area contributed by atoms with Crippen LogP contribution in [0.1, 0.15) is 53.4 Å². The van der Waals surface area contributed by atoms with Crippen LogP contribution < -0.4 is 0 Å². The number of piperidine rings is 1. The summed E-state index contributed by atoms with van der Waals surface area (Å²) in [4.78, 5) is 4.79. The minimum atomic E-state index is -0.167. The van der Waals surface area contributed by atoms with Gasteiger partial charge in [-0.1, -0.05) is 13.8 Å². The molecule has 142 valence electrons. The number of aliphatic hydroxyl groups is 2. The summed E-state index contributed by atoms with van der Waals surface area (Å²) in [6.07, 6.45) is 6.70. The van der Waals surface area contributed by atoms with Crippen LogP contribution in [-0.4, -0.2) is 84.0 Å². The molecule has 4 nitrogen and oxygen atoms in total. The highest BCUT2D eigenvalue weighted by Gasteiger charge is 2.15. The van der Waals surface area contributed by atoms with Crippen molar-refractivity contribution in [1.29, 1.82) is 0 Å². The molecule has 0 saturated carbocycles.